The molecule has 640 valence electrons. The molecule has 0 fully saturated rings. The van der Waals surface area contributed by atoms with E-state index in [4.69, 9.17) is 385 Å². The summed E-state index contributed by atoms with van der Waals surface area (Å²) >= 11 is 0. The normalized spacial score (nSPS) is 11.2. The molecule has 105 heteroatoms. The molecule has 0 saturated carbocycles. The largest absolute Gasteiger partial charge is 1.00 e. The molecule has 0 spiro atoms. The van der Waals surface area contributed by atoms with Gasteiger partial charge in [-0.3, -0.25) is 4.57 Å². The van der Waals surface area contributed by atoms with E-state index in [1.54, 1.807) is 0 Å². The molecule has 0 unspecified atom stereocenters. The van der Waals surface area contributed by atoms with Crippen LogP contribution in [0.25, 0.3) is 0 Å². The summed E-state index contributed by atoms with van der Waals surface area (Å²) in [4.78, 5) is 438. The van der Waals surface area contributed by atoms with Crippen molar-refractivity contribution in [1.82, 2.24) is 0 Å². The van der Waals surface area contributed by atoms with E-state index in [-0.39, 0.29) is 257 Å². The maximum atomic E-state index is 8.88. The van der Waals surface area contributed by atoms with Crippen molar-refractivity contribution in [3.63, 3.8) is 0 Å². The van der Waals surface area contributed by atoms with Crippen molar-refractivity contribution in [3.05, 3.63) is 0 Å². The first-order chi connectivity index (χ1) is 40.0. The molecule has 0 aromatic rings. The van der Waals surface area contributed by atoms with Crippen LogP contribution in [0.1, 0.15) is 0 Å². The molecule has 0 amide bonds. The Kier molecular flexibility index (Phi) is 152. The maximum absolute atomic E-state index is 8.88. The third kappa shape index (κ3) is 13400. The maximum Gasteiger partial charge on any atom is 1.00 e. The average molecular weight is 2150 g/mol. The molecule has 0 saturated heterocycles. The quantitative estimate of drug-likeness (QED) is 0.0791. The van der Waals surface area contributed by atoms with Gasteiger partial charge in [0.15, 0.2) is 0 Å². The number of hydrogen-bond acceptors (Lipinski definition) is 25. The zero-order chi connectivity index (χ0) is 90.0. The van der Waals surface area contributed by atoms with Gasteiger partial charge in [-0.15, -0.1) is 0 Å². The fourth-order valence-corrected chi connectivity index (χ4v) is 0. The van der Waals surface area contributed by atoms with Crippen LogP contribution in [0.3, 0.4) is 0 Å². The van der Waals surface area contributed by atoms with Crippen molar-refractivity contribution in [2.75, 3.05) is 0 Å². The van der Waals surface area contributed by atoms with Gasteiger partial charge in [-0.2, -0.15) is 0 Å². The topological polar surface area (TPSA) is 1570 Å². The van der Waals surface area contributed by atoms with Crippen LogP contribution in [0, 0.1) is 0 Å². The van der Waals surface area contributed by atoms with Gasteiger partial charge in [-0.25, -0.2) is 77.6 Å². The summed E-state index contributed by atoms with van der Waals surface area (Å²) in [6.45, 7) is 0. The summed E-state index contributed by atoms with van der Waals surface area (Å²) in [7, 11) is -94.0. The second kappa shape index (κ2) is 86.5. The van der Waals surface area contributed by atoms with Gasteiger partial charge < -0.3 is 303 Å². The zero-order valence-corrected chi connectivity index (χ0v) is 82.3. The van der Waals surface area contributed by atoms with Crippen molar-refractivity contribution < 1.29 is 642 Å². The predicted molar refractivity (Wildman–Crippen MR) is 274 cm³/mol. The van der Waals surface area contributed by atoms with Crippen molar-refractivity contribution in [3.8, 4) is 0 Å². The van der Waals surface area contributed by atoms with Crippen LogP contribution >= 0.6 is 156 Å². The number of phosphoric acid groups is 20. The Morgan fingerprint density at radius 3 is 0.105 bits per heavy atom. The van der Waals surface area contributed by atoms with Crippen LogP contribution < -0.4 is 281 Å². The third-order valence-corrected chi connectivity index (χ3v) is 0. The van der Waals surface area contributed by atoms with Crippen LogP contribution in [0.5, 0.6) is 0 Å². The Labute approximate surface area is 785 Å². The Hall–Kier alpha value is 10.4. The average Bonchev–Trinajstić information content (AvgIpc) is 2.87. The minimum absolute atomic E-state index is 0. The van der Waals surface area contributed by atoms with Crippen LogP contribution in [0.4, 0.5) is 0 Å². The van der Waals surface area contributed by atoms with Gasteiger partial charge in [0, 0.05) is 0 Å². The number of hydrogen-bond donors (Lipinski definition) is 55. The van der Waals surface area contributed by atoms with Gasteiger partial charge >= 0.3 is 390 Å². The predicted octanol–water partition coefficient (Wildman–Crippen LogP) is -36.7. The molecular formula is H55K5O80P20. The van der Waals surface area contributed by atoms with Crippen molar-refractivity contribution >= 4 is 156 Å². The summed E-state index contributed by atoms with van der Waals surface area (Å²) in [6.07, 6.45) is 0. The van der Waals surface area contributed by atoms with E-state index in [0.717, 1.165) is 0 Å². The van der Waals surface area contributed by atoms with Crippen LogP contribution in [-0.2, 0) is 91.3 Å². The molecular weight excluding hydrogens is 2090 g/mol. The Morgan fingerprint density at radius 2 is 0.105 bits per heavy atom. The van der Waals surface area contributed by atoms with E-state index < -0.39 is 156 Å². The summed E-state index contributed by atoms with van der Waals surface area (Å²) < 4.78 is 177. The van der Waals surface area contributed by atoms with Crippen LogP contribution in [0.15, 0.2) is 0 Å². The molecule has 0 aromatic heterocycles. The van der Waals surface area contributed by atoms with Crippen molar-refractivity contribution in [2.24, 2.45) is 0 Å². The molecule has 0 heterocycles. The summed E-state index contributed by atoms with van der Waals surface area (Å²) in [5, 5.41) is 0. The molecule has 0 aliphatic rings. The molecule has 80 nitrogen and oxygen atoms in total. The van der Waals surface area contributed by atoms with E-state index in [1.807, 2.05) is 0 Å². The van der Waals surface area contributed by atoms with Crippen LogP contribution in [0.2, 0.25) is 0 Å². The summed E-state index contributed by atoms with van der Waals surface area (Å²) in [6, 6.07) is 0. The fraction of sp³-hybridized carbons (Fsp3) is 0. The third-order valence-electron chi connectivity index (χ3n) is 0. The Morgan fingerprint density at radius 1 is 0.105 bits per heavy atom. The van der Waals surface area contributed by atoms with E-state index in [1.165, 1.54) is 0 Å². The van der Waals surface area contributed by atoms with E-state index >= 15 is 0 Å². The van der Waals surface area contributed by atoms with Gasteiger partial charge in [0.25, 0.3) is 7.82 Å². The number of rotatable bonds is 0. The minimum Gasteiger partial charge on any atom is -0.790 e. The van der Waals surface area contributed by atoms with Gasteiger partial charge in [0.05, 0.1) is 15.6 Å². The molecule has 0 aromatic carbocycles. The second-order valence-corrected chi connectivity index (χ2v) is 30.5. The molecule has 0 rings (SSSR count). The van der Waals surface area contributed by atoms with Crippen LogP contribution in [-0.4, -0.2) is 269 Å². The van der Waals surface area contributed by atoms with E-state index in [9.17, 15) is 0 Å². The molecule has 0 aliphatic carbocycles. The van der Waals surface area contributed by atoms with Gasteiger partial charge in [-0.1, -0.05) is 0 Å². The summed E-state index contributed by atoms with van der Waals surface area (Å²) in [5.41, 5.74) is 0. The van der Waals surface area contributed by atoms with E-state index in [2.05, 4.69) is 0 Å². The smallest absolute Gasteiger partial charge is 0.790 e. The molecule has 105 heavy (non-hydrogen) atoms. The second-order valence-electron chi connectivity index (χ2n) is 10.2. The van der Waals surface area contributed by atoms with E-state index in [0.29, 0.717) is 0 Å². The Bertz CT molecular complexity index is 1890. The first kappa shape index (κ1) is 185. The van der Waals surface area contributed by atoms with Gasteiger partial charge in [0.1, 0.15) is 0 Å². The minimum atomic E-state index is -5.14. The monoisotopic (exact) mass is 2150 g/mol. The first-order valence-corrected chi connectivity index (χ1v) is 46.7. The zero-order valence-electron chi connectivity index (χ0n) is 48.7. The Balaban J connectivity index is -0.0000000278. The van der Waals surface area contributed by atoms with Gasteiger partial charge in [0.2, 0.25) is 0 Å². The molecule has 0 bridgehead atoms. The molecule has 0 aliphatic heterocycles. The first-order valence-electron chi connectivity index (χ1n) is 15.6. The standard InChI is InChI=1S/5K.20H3O4P/c;;;;;20*1-5(2,3)4/h;;;;;20*(H3,1,2,3,4)/q5*+1;;;;;;;;;;;;;;;;;;;;/p-5. The van der Waals surface area contributed by atoms with Gasteiger partial charge in [-0.05, 0) is 0 Å². The molecule has 55 N–H and O–H groups in total. The van der Waals surface area contributed by atoms with Crippen molar-refractivity contribution in [2.45, 2.75) is 0 Å². The SMILES string of the molecule is O=P(O)(O)O.O=P(O)(O)O.O=P(O)(O)O.O=P(O)(O)O.O=P(O)(O)O.O=P(O)(O)O.O=P(O)(O)O.O=P(O)(O)O.O=P(O)(O)O.O=P(O)(O)O.O=P(O)(O)O.O=P(O)(O)O.O=P(O)(O)O.O=P(O)(O)O.O=P(O)(O)O.O=P(O)(O)O.O=P(O)(O)O.O=P([O-])(O)O.O=P([O-])([O-])O.O=P([O-])([O-])O.[K+].[K+].[K+].[K+].[K+]. The van der Waals surface area contributed by atoms with Crippen molar-refractivity contribution in [1.29, 1.82) is 0 Å². The summed E-state index contributed by atoms with van der Waals surface area (Å²) in [5.74, 6) is 0. The molecule has 0 atom stereocenters. The molecule has 0 radical (unpaired) electrons. The fourth-order valence-electron chi connectivity index (χ4n) is 0.